The van der Waals surface area contributed by atoms with E-state index in [-0.39, 0.29) is 11.6 Å². The van der Waals surface area contributed by atoms with Crippen molar-refractivity contribution in [3.63, 3.8) is 0 Å². The highest BCUT2D eigenvalue weighted by atomic mass is 16.4. The van der Waals surface area contributed by atoms with Gasteiger partial charge in [-0.1, -0.05) is 6.07 Å². The van der Waals surface area contributed by atoms with Crippen LogP contribution in [0, 0.1) is 0 Å². The van der Waals surface area contributed by atoms with Crippen molar-refractivity contribution in [2.45, 2.75) is 32.0 Å². The van der Waals surface area contributed by atoms with Crippen molar-refractivity contribution in [2.75, 3.05) is 7.05 Å². The fourth-order valence-electron chi connectivity index (χ4n) is 2.50. The van der Waals surface area contributed by atoms with Gasteiger partial charge in [-0.15, -0.1) is 0 Å². The number of aromatic carboxylic acids is 1. The van der Waals surface area contributed by atoms with Gasteiger partial charge in [0.2, 0.25) is 0 Å². The highest BCUT2D eigenvalue weighted by Crippen LogP contribution is 2.29. The van der Waals surface area contributed by atoms with Crippen LogP contribution in [0.15, 0.2) is 18.2 Å². The summed E-state index contributed by atoms with van der Waals surface area (Å²) in [6.07, 6.45) is 2.18. The first-order valence-corrected chi connectivity index (χ1v) is 6.43. The predicted molar refractivity (Wildman–Crippen MR) is 68.8 cm³/mol. The van der Waals surface area contributed by atoms with Crippen LogP contribution >= 0.6 is 0 Å². The lowest BCUT2D eigenvalue weighted by molar-refractivity contribution is 0.0696. The van der Waals surface area contributed by atoms with Gasteiger partial charge in [0.05, 0.1) is 5.56 Å². The molecule has 1 saturated carbocycles. The summed E-state index contributed by atoms with van der Waals surface area (Å²) in [6.45, 7) is 1.08. The molecule has 1 aliphatic carbocycles. The van der Waals surface area contributed by atoms with E-state index in [1.807, 2.05) is 13.1 Å². The molecule has 2 amide bonds. The quantitative estimate of drug-likeness (QED) is 0.883. The number of benzene rings is 1. The van der Waals surface area contributed by atoms with Gasteiger partial charge in [-0.2, -0.15) is 0 Å². The summed E-state index contributed by atoms with van der Waals surface area (Å²) in [7, 11) is 1.84. The van der Waals surface area contributed by atoms with Gasteiger partial charge in [-0.05, 0) is 36.1 Å². The first-order valence-electron chi connectivity index (χ1n) is 6.43. The maximum absolute atomic E-state index is 12.2. The van der Waals surface area contributed by atoms with Crippen molar-refractivity contribution in [1.29, 1.82) is 0 Å². The number of carboxylic acids is 1. The number of amides is 2. The Kier molecular flexibility index (Phi) is 2.69. The summed E-state index contributed by atoms with van der Waals surface area (Å²) >= 11 is 0. The Morgan fingerprint density at radius 3 is 2.58 bits per heavy atom. The second-order valence-electron chi connectivity index (χ2n) is 5.27. The number of carbonyl (C=O) groups is 2. The van der Waals surface area contributed by atoms with Crippen LogP contribution in [-0.4, -0.2) is 40.0 Å². The highest BCUT2D eigenvalue weighted by Gasteiger charge is 2.34. The van der Waals surface area contributed by atoms with E-state index in [4.69, 9.17) is 5.11 Å². The smallest absolute Gasteiger partial charge is 0.335 e. The summed E-state index contributed by atoms with van der Waals surface area (Å²) in [5.41, 5.74) is 2.27. The number of hydrogen-bond donors (Lipinski definition) is 1. The molecule has 1 aromatic carbocycles. The Hall–Kier alpha value is -2.04. The number of rotatable bonds is 2. The lowest BCUT2D eigenvalue weighted by atomic mass is 10.1. The predicted octanol–water partition coefficient (Wildman–Crippen LogP) is 1.91. The monoisotopic (exact) mass is 260 g/mol. The van der Waals surface area contributed by atoms with Crippen molar-refractivity contribution in [3.8, 4) is 0 Å². The lowest BCUT2D eigenvalue weighted by Gasteiger charge is -2.24. The Bertz CT molecular complexity index is 552. The van der Waals surface area contributed by atoms with E-state index in [9.17, 15) is 9.59 Å². The Morgan fingerprint density at radius 1 is 1.26 bits per heavy atom. The average molecular weight is 260 g/mol. The molecule has 3 rings (SSSR count). The second kappa shape index (κ2) is 4.26. The molecule has 0 radical (unpaired) electrons. The molecule has 5 nitrogen and oxygen atoms in total. The molecule has 1 fully saturated rings. The number of fused-ring (bicyclic) bond motifs is 1. The summed E-state index contributed by atoms with van der Waals surface area (Å²) in [5, 5.41) is 8.97. The topological polar surface area (TPSA) is 60.9 Å². The zero-order chi connectivity index (χ0) is 13.6. The largest absolute Gasteiger partial charge is 0.478 e. The van der Waals surface area contributed by atoms with Crippen LogP contribution in [0.25, 0.3) is 0 Å². The fraction of sp³-hybridized carbons (Fsp3) is 0.429. The third kappa shape index (κ3) is 2.16. The molecule has 19 heavy (non-hydrogen) atoms. The van der Waals surface area contributed by atoms with Crippen molar-refractivity contribution in [2.24, 2.45) is 0 Å². The molecule has 0 saturated heterocycles. The van der Waals surface area contributed by atoms with E-state index in [0.29, 0.717) is 19.1 Å². The molecule has 1 N–H and O–H groups in total. The summed E-state index contributed by atoms with van der Waals surface area (Å²) in [4.78, 5) is 26.8. The highest BCUT2D eigenvalue weighted by molar-refractivity contribution is 5.88. The zero-order valence-corrected chi connectivity index (χ0v) is 10.8. The maximum atomic E-state index is 12.2. The van der Waals surface area contributed by atoms with Gasteiger partial charge in [-0.25, -0.2) is 9.59 Å². The van der Waals surface area contributed by atoms with Crippen LogP contribution in [0.4, 0.5) is 4.79 Å². The van der Waals surface area contributed by atoms with Gasteiger partial charge in [0.15, 0.2) is 0 Å². The molecular weight excluding hydrogens is 244 g/mol. The number of nitrogens with zero attached hydrogens (tertiary/aromatic N) is 2. The Morgan fingerprint density at radius 2 is 1.95 bits per heavy atom. The van der Waals surface area contributed by atoms with E-state index in [0.717, 1.165) is 24.0 Å². The van der Waals surface area contributed by atoms with Gasteiger partial charge >= 0.3 is 12.0 Å². The Labute approximate surface area is 111 Å². The fourth-order valence-corrected chi connectivity index (χ4v) is 2.50. The van der Waals surface area contributed by atoms with E-state index in [2.05, 4.69) is 0 Å². The van der Waals surface area contributed by atoms with Crippen molar-refractivity contribution >= 4 is 12.0 Å². The van der Waals surface area contributed by atoms with Gasteiger partial charge < -0.3 is 14.9 Å². The van der Waals surface area contributed by atoms with Crippen molar-refractivity contribution in [3.05, 3.63) is 34.9 Å². The SMILES string of the molecule is CN(C(=O)N1Cc2ccc(C(=O)O)cc2C1)C1CC1. The molecule has 1 aromatic rings. The van der Waals surface area contributed by atoms with Crippen LogP contribution < -0.4 is 0 Å². The molecule has 1 aliphatic heterocycles. The minimum Gasteiger partial charge on any atom is -0.478 e. The van der Waals surface area contributed by atoms with E-state index in [1.165, 1.54) is 0 Å². The molecule has 2 aliphatic rings. The molecule has 0 atom stereocenters. The molecular formula is C14H16N2O3. The maximum Gasteiger partial charge on any atom is 0.335 e. The third-order valence-electron chi connectivity index (χ3n) is 3.84. The van der Waals surface area contributed by atoms with Gasteiger partial charge in [0, 0.05) is 26.2 Å². The molecule has 1 heterocycles. The first-order chi connectivity index (χ1) is 9.06. The lowest BCUT2D eigenvalue weighted by Crippen LogP contribution is -2.39. The van der Waals surface area contributed by atoms with Gasteiger partial charge in [0.1, 0.15) is 0 Å². The Balaban J connectivity index is 1.76. The number of urea groups is 1. The standard InChI is InChI=1S/C14H16N2O3/c1-15(12-4-5-12)14(19)16-7-10-3-2-9(13(17)18)6-11(10)8-16/h2-3,6,12H,4-5,7-8H2,1H3,(H,17,18). The van der Waals surface area contributed by atoms with E-state index < -0.39 is 5.97 Å². The average Bonchev–Trinajstić information content (AvgIpc) is 3.15. The van der Waals surface area contributed by atoms with E-state index in [1.54, 1.807) is 21.9 Å². The van der Waals surface area contributed by atoms with Crippen LogP contribution in [0.3, 0.4) is 0 Å². The molecule has 0 bridgehead atoms. The summed E-state index contributed by atoms with van der Waals surface area (Å²) in [5.74, 6) is -0.928. The van der Waals surface area contributed by atoms with Crippen LogP contribution in [-0.2, 0) is 13.1 Å². The number of hydrogen-bond acceptors (Lipinski definition) is 2. The van der Waals surface area contributed by atoms with Gasteiger partial charge in [-0.3, -0.25) is 0 Å². The second-order valence-corrected chi connectivity index (χ2v) is 5.27. The molecule has 0 spiro atoms. The minimum absolute atomic E-state index is 0.0376. The zero-order valence-electron chi connectivity index (χ0n) is 10.8. The third-order valence-corrected chi connectivity index (χ3v) is 3.84. The van der Waals surface area contributed by atoms with Crippen LogP contribution in [0.5, 0.6) is 0 Å². The number of carbonyl (C=O) groups excluding carboxylic acids is 1. The first kappa shape index (κ1) is 12.0. The van der Waals surface area contributed by atoms with E-state index >= 15 is 0 Å². The summed E-state index contributed by atoms with van der Waals surface area (Å²) in [6, 6.07) is 5.51. The normalized spacial score (nSPS) is 17.2. The molecule has 0 unspecified atom stereocenters. The minimum atomic E-state index is -0.928. The molecule has 100 valence electrons. The summed E-state index contributed by atoms with van der Waals surface area (Å²) < 4.78 is 0. The van der Waals surface area contributed by atoms with Crippen molar-refractivity contribution in [1.82, 2.24) is 9.80 Å². The van der Waals surface area contributed by atoms with Crippen LogP contribution in [0.1, 0.15) is 34.3 Å². The molecule has 5 heteroatoms. The number of carboxylic acid groups (broad SMARTS) is 1. The van der Waals surface area contributed by atoms with Crippen molar-refractivity contribution < 1.29 is 14.7 Å². The van der Waals surface area contributed by atoms with Gasteiger partial charge in [0.25, 0.3) is 0 Å². The molecule has 0 aromatic heterocycles. The van der Waals surface area contributed by atoms with Crippen LogP contribution in [0.2, 0.25) is 0 Å².